The van der Waals surface area contributed by atoms with Gasteiger partial charge in [0.15, 0.2) is 0 Å². The lowest BCUT2D eigenvalue weighted by atomic mass is 9.69. The third-order valence-corrected chi connectivity index (χ3v) is 6.34. The van der Waals surface area contributed by atoms with Crippen molar-refractivity contribution in [3.8, 4) is 0 Å². The van der Waals surface area contributed by atoms with Crippen LogP contribution in [0.15, 0.2) is 0 Å². The lowest BCUT2D eigenvalue weighted by Crippen LogP contribution is -2.43. The highest BCUT2D eigenvalue weighted by Gasteiger charge is 2.33. The Kier molecular flexibility index (Phi) is 6.87. The van der Waals surface area contributed by atoms with E-state index >= 15 is 0 Å². The summed E-state index contributed by atoms with van der Waals surface area (Å²) in [5.74, 6) is 3.99. The topological polar surface area (TPSA) is 12.0 Å². The fourth-order valence-corrected chi connectivity index (χ4v) is 5.13. The Hall–Kier alpha value is -0.0400. The quantitative estimate of drug-likeness (QED) is 0.686. The number of hydrogen-bond donors (Lipinski definition) is 1. The van der Waals surface area contributed by atoms with Crippen LogP contribution in [0.1, 0.15) is 84.5 Å². The molecule has 0 bridgehead atoms. The van der Waals surface area contributed by atoms with E-state index in [1.54, 1.807) is 0 Å². The Balaban J connectivity index is 1.85. The van der Waals surface area contributed by atoms with Gasteiger partial charge in [-0.25, -0.2) is 0 Å². The summed E-state index contributed by atoms with van der Waals surface area (Å²) in [5, 5.41) is 3.73. The largest absolute Gasteiger partial charge is 0.316 e. The summed E-state index contributed by atoms with van der Waals surface area (Å²) in [6, 6.07) is 0.812. The van der Waals surface area contributed by atoms with E-state index in [0.717, 1.165) is 29.7 Å². The van der Waals surface area contributed by atoms with Gasteiger partial charge in [0, 0.05) is 6.04 Å². The third-order valence-electron chi connectivity index (χ3n) is 6.34. The van der Waals surface area contributed by atoms with Crippen molar-refractivity contribution in [3.63, 3.8) is 0 Å². The Labute approximate surface area is 127 Å². The van der Waals surface area contributed by atoms with E-state index in [1.165, 1.54) is 70.6 Å². The van der Waals surface area contributed by atoms with Gasteiger partial charge < -0.3 is 5.32 Å². The number of nitrogens with one attached hydrogen (secondary N) is 1. The average Bonchev–Trinajstić information content (AvgIpc) is 2.50. The van der Waals surface area contributed by atoms with Crippen LogP contribution >= 0.6 is 0 Å². The van der Waals surface area contributed by atoms with Crippen molar-refractivity contribution >= 4 is 0 Å². The van der Waals surface area contributed by atoms with Gasteiger partial charge in [-0.3, -0.25) is 0 Å². The van der Waals surface area contributed by atoms with Crippen LogP contribution in [0.5, 0.6) is 0 Å². The van der Waals surface area contributed by atoms with Crippen LogP contribution in [0.3, 0.4) is 0 Å². The summed E-state index contributed by atoms with van der Waals surface area (Å²) in [7, 11) is 2.22. The molecule has 2 rings (SSSR count). The van der Waals surface area contributed by atoms with Gasteiger partial charge in [0.25, 0.3) is 0 Å². The number of rotatable bonds is 6. The molecule has 0 amide bonds. The first-order valence-electron chi connectivity index (χ1n) is 9.45. The van der Waals surface area contributed by atoms with Crippen molar-refractivity contribution in [1.29, 1.82) is 0 Å². The zero-order chi connectivity index (χ0) is 14.4. The smallest absolute Gasteiger partial charge is 0.0121 e. The van der Waals surface area contributed by atoms with E-state index in [4.69, 9.17) is 0 Å². The predicted molar refractivity (Wildman–Crippen MR) is 88.9 cm³/mol. The molecule has 0 saturated heterocycles. The van der Waals surface area contributed by atoms with Crippen LogP contribution in [-0.2, 0) is 0 Å². The molecule has 118 valence electrons. The normalized spacial score (nSPS) is 36.8. The Morgan fingerprint density at radius 1 is 0.900 bits per heavy atom. The van der Waals surface area contributed by atoms with Gasteiger partial charge >= 0.3 is 0 Å². The number of hydrogen-bond acceptors (Lipinski definition) is 1. The molecule has 0 aliphatic heterocycles. The lowest BCUT2D eigenvalue weighted by Gasteiger charge is -2.41. The highest BCUT2D eigenvalue weighted by molar-refractivity contribution is 4.88. The Morgan fingerprint density at radius 2 is 1.65 bits per heavy atom. The summed E-state index contributed by atoms with van der Waals surface area (Å²) >= 11 is 0. The molecule has 2 fully saturated rings. The molecule has 1 heteroatoms. The van der Waals surface area contributed by atoms with Crippen LogP contribution in [0, 0.1) is 23.7 Å². The molecule has 3 atom stereocenters. The van der Waals surface area contributed by atoms with Gasteiger partial charge in [-0.15, -0.1) is 0 Å². The first kappa shape index (κ1) is 16.3. The Morgan fingerprint density at radius 3 is 2.25 bits per heavy atom. The van der Waals surface area contributed by atoms with Crippen LogP contribution < -0.4 is 5.32 Å². The average molecular weight is 280 g/mol. The van der Waals surface area contributed by atoms with Crippen molar-refractivity contribution < 1.29 is 0 Å². The van der Waals surface area contributed by atoms with Gasteiger partial charge in [-0.05, 0) is 56.4 Å². The molecule has 0 aromatic carbocycles. The maximum atomic E-state index is 3.73. The van der Waals surface area contributed by atoms with E-state index in [0.29, 0.717) is 0 Å². The summed E-state index contributed by atoms with van der Waals surface area (Å²) in [6.45, 7) is 4.73. The molecule has 3 unspecified atom stereocenters. The second-order valence-corrected chi connectivity index (χ2v) is 7.58. The van der Waals surface area contributed by atoms with Gasteiger partial charge in [0.2, 0.25) is 0 Å². The summed E-state index contributed by atoms with van der Waals surface area (Å²) in [5.41, 5.74) is 0. The Bertz CT molecular complexity index is 254. The van der Waals surface area contributed by atoms with Gasteiger partial charge in [0.05, 0.1) is 0 Å². The van der Waals surface area contributed by atoms with Crippen LogP contribution in [0.25, 0.3) is 0 Å². The summed E-state index contributed by atoms with van der Waals surface area (Å²) in [4.78, 5) is 0. The fourth-order valence-electron chi connectivity index (χ4n) is 5.13. The van der Waals surface area contributed by atoms with E-state index in [2.05, 4.69) is 26.2 Å². The third kappa shape index (κ3) is 4.23. The molecular weight excluding hydrogens is 242 g/mol. The molecule has 2 saturated carbocycles. The molecule has 20 heavy (non-hydrogen) atoms. The highest BCUT2D eigenvalue weighted by Crippen LogP contribution is 2.40. The minimum atomic E-state index is 0.812. The summed E-state index contributed by atoms with van der Waals surface area (Å²) < 4.78 is 0. The molecule has 0 spiro atoms. The van der Waals surface area contributed by atoms with Crippen LogP contribution in [0.4, 0.5) is 0 Å². The predicted octanol–water partition coefficient (Wildman–Crippen LogP) is 5.40. The van der Waals surface area contributed by atoms with Gasteiger partial charge in [0.1, 0.15) is 0 Å². The molecule has 0 aromatic rings. The van der Waals surface area contributed by atoms with E-state index in [9.17, 15) is 0 Å². The van der Waals surface area contributed by atoms with Crippen molar-refractivity contribution in [3.05, 3.63) is 0 Å². The van der Waals surface area contributed by atoms with Gasteiger partial charge in [-0.2, -0.15) is 0 Å². The fraction of sp³-hybridized carbons (Fsp3) is 1.00. The second-order valence-electron chi connectivity index (χ2n) is 7.58. The monoisotopic (exact) mass is 279 g/mol. The second kappa shape index (κ2) is 8.41. The minimum Gasteiger partial charge on any atom is -0.316 e. The maximum absolute atomic E-state index is 3.73. The molecule has 2 aliphatic rings. The molecule has 0 heterocycles. The lowest BCUT2D eigenvalue weighted by molar-refractivity contribution is 0.134. The first-order chi connectivity index (χ1) is 9.78. The zero-order valence-corrected chi connectivity index (χ0v) is 14.2. The molecule has 2 aliphatic carbocycles. The standard InChI is InChI=1S/C19H37N/c1-4-7-16-10-12-17(13-11-16)19(20-3)18-9-6-8-15(5-2)14-18/h15-20H,4-14H2,1-3H3. The van der Waals surface area contributed by atoms with Gasteiger partial charge in [-0.1, -0.05) is 58.8 Å². The van der Waals surface area contributed by atoms with E-state index in [1.807, 2.05) is 0 Å². The van der Waals surface area contributed by atoms with E-state index in [-0.39, 0.29) is 0 Å². The molecule has 0 radical (unpaired) electrons. The zero-order valence-electron chi connectivity index (χ0n) is 14.2. The SMILES string of the molecule is CCCC1CCC(C(NC)C2CCCC(CC)C2)CC1. The van der Waals surface area contributed by atoms with E-state index < -0.39 is 0 Å². The highest BCUT2D eigenvalue weighted by atomic mass is 14.9. The summed E-state index contributed by atoms with van der Waals surface area (Å²) in [6.07, 6.45) is 16.2. The van der Waals surface area contributed by atoms with Crippen molar-refractivity contribution in [2.45, 2.75) is 90.5 Å². The molecule has 1 nitrogen and oxygen atoms in total. The van der Waals surface area contributed by atoms with Crippen LogP contribution in [-0.4, -0.2) is 13.1 Å². The minimum absolute atomic E-state index is 0.812. The molecular formula is C19H37N. The first-order valence-corrected chi connectivity index (χ1v) is 9.45. The van der Waals surface area contributed by atoms with Crippen molar-refractivity contribution in [2.24, 2.45) is 23.7 Å². The van der Waals surface area contributed by atoms with Crippen molar-refractivity contribution in [1.82, 2.24) is 5.32 Å². The molecule has 1 N–H and O–H groups in total. The molecule has 0 aromatic heterocycles. The maximum Gasteiger partial charge on any atom is 0.0121 e. The van der Waals surface area contributed by atoms with Crippen molar-refractivity contribution in [2.75, 3.05) is 7.05 Å². The van der Waals surface area contributed by atoms with Crippen LogP contribution in [0.2, 0.25) is 0 Å².